The van der Waals surface area contributed by atoms with Crippen molar-refractivity contribution in [1.82, 2.24) is 0 Å². The number of benzene rings is 2. The van der Waals surface area contributed by atoms with Gasteiger partial charge in [-0.15, -0.1) is 0 Å². The summed E-state index contributed by atoms with van der Waals surface area (Å²) >= 11 is 1.53. The van der Waals surface area contributed by atoms with Gasteiger partial charge in [0, 0.05) is 11.9 Å². The first-order valence-corrected chi connectivity index (χ1v) is 8.44. The van der Waals surface area contributed by atoms with E-state index in [2.05, 4.69) is 27.9 Å². The Morgan fingerprint density at radius 3 is 2.87 bits per heavy atom. The molecule has 0 aliphatic carbocycles. The molecule has 4 nitrogen and oxygen atoms in total. The molecule has 5 heteroatoms. The number of anilines is 1. The molecule has 1 heterocycles. The number of hydrogen-bond donors (Lipinski definition) is 1. The van der Waals surface area contributed by atoms with Crippen molar-refractivity contribution in [3.05, 3.63) is 53.6 Å². The van der Waals surface area contributed by atoms with E-state index in [0.29, 0.717) is 12.2 Å². The average molecular weight is 326 g/mol. The second-order valence-corrected chi connectivity index (χ2v) is 5.96. The van der Waals surface area contributed by atoms with Crippen LogP contribution in [0.25, 0.3) is 0 Å². The Hall–Kier alpha value is -2.27. The van der Waals surface area contributed by atoms with Gasteiger partial charge in [-0.3, -0.25) is 4.99 Å². The number of nitrogens with one attached hydrogen (secondary N) is 1. The minimum absolute atomic E-state index is 0.293. The zero-order chi connectivity index (χ0) is 16.1. The van der Waals surface area contributed by atoms with Crippen LogP contribution in [-0.2, 0) is 11.2 Å². The summed E-state index contributed by atoms with van der Waals surface area (Å²) in [6, 6.07) is 13.5. The number of para-hydroxylation sites is 1. The number of nitrogens with zero attached hydrogens (tertiary/aromatic N) is 1. The number of esters is 1. The molecular weight excluding hydrogens is 308 g/mol. The number of aryl methyl sites for hydroxylation is 1. The monoisotopic (exact) mass is 326 g/mol. The third kappa shape index (κ3) is 3.74. The number of rotatable bonds is 5. The number of ether oxygens (including phenoxy) is 1. The van der Waals surface area contributed by atoms with E-state index in [-0.39, 0.29) is 5.97 Å². The molecule has 1 aliphatic heterocycles. The molecule has 0 radical (unpaired) electrons. The standard InChI is InChI=1S/C18H18N2O2S/c1-2-22-18(21)14-8-10-15(11-9-14)20-23-16-7-3-5-13-6-4-12-19-17(13)16/h3,5,7-12,20H,2,4,6H2,1H3. The van der Waals surface area contributed by atoms with Crippen LogP contribution in [0.4, 0.5) is 11.4 Å². The maximum absolute atomic E-state index is 11.6. The molecular formula is C18H18N2O2S. The summed E-state index contributed by atoms with van der Waals surface area (Å²) in [5.74, 6) is -0.293. The number of fused-ring (bicyclic) bond motifs is 1. The lowest BCUT2D eigenvalue weighted by Gasteiger charge is -2.14. The summed E-state index contributed by atoms with van der Waals surface area (Å²) in [5.41, 5.74) is 3.83. The number of carbonyl (C=O) groups is 1. The van der Waals surface area contributed by atoms with Crippen molar-refractivity contribution in [2.24, 2.45) is 4.99 Å². The third-order valence-corrected chi connectivity index (χ3v) is 4.41. The lowest BCUT2D eigenvalue weighted by Crippen LogP contribution is -2.04. The van der Waals surface area contributed by atoms with Gasteiger partial charge in [-0.2, -0.15) is 0 Å². The maximum atomic E-state index is 11.6. The zero-order valence-electron chi connectivity index (χ0n) is 12.9. The van der Waals surface area contributed by atoms with Crippen LogP contribution >= 0.6 is 11.9 Å². The van der Waals surface area contributed by atoms with Gasteiger partial charge in [-0.05, 0) is 67.6 Å². The molecule has 0 fully saturated rings. The lowest BCUT2D eigenvalue weighted by atomic mass is 10.1. The fourth-order valence-electron chi connectivity index (χ4n) is 2.38. The number of hydrogen-bond acceptors (Lipinski definition) is 5. The SMILES string of the molecule is CCOC(=O)c1ccc(NSc2cccc3c2N=CCC3)cc1. The quantitative estimate of drug-likeness (QED) is 0.643. The summed E-state index contributed by atoms with van der Waals surface area (Å²) in [6.45, 7) is 2.18. The molecule has 0 unspecified atom stereocenters. The normalized spacial score (nSPS) is 12.6. The first-order chi connectivity index (χ1) is 11.3. The van der Waals surface area contributed by atoms with E-state index in [1.807, 2.05) is 18.3 Å². The lowest BCUT2D eigenvalue weighted by molar-refractivity contribution is 0.0526. The molecule has 0 atom stereocenters. The molecule has 3 rings (SSSR count). The Morgan fingerprint density at radius 1 is 1.26 bits per heavy atom. The summed E-state index contributed by atoms with van der Waals surface area (Å²) in [7, 11) is 0. The van der Waals surface area contributed by atoms with Crippen molar-refractivity contribution in [3.63, 3.8) is 0 Å². The second kappa shape index (κ2) is 7.33. The Labute approximate surface area is 140 Å². The first-order valence-electron chi connectivity index (χ1n) is 7.62. The third-order valence-electron chi connectivity index (χ3n) is 3.52. The molecule has 0 amide bonds. The molecule has 1 aliphatic rings. The summed E-state index contributed by atoms with van der Waals surface area (Å²) < 4.78 is 8.28. The number of carbonyl (C=O) groups excluding carboxylic acids is 1. The Bertz CT molecular complexity index is 726. The van der Waals surface area contributed by atoms with E-state index in [9.17, 15) is 4.79 Å². The molecule has 0 spiro atoms. The smallest absolute Gasteiger partial charge is 0.338 e. The minimum Gasteiger partial charge on any atom is -0.462 e. The van der Waals surface area contributed by atoms with Crippen LogP contribution in [0.5, 0.6) is 0 Å². The largest absolute Gasteiger partial charge is 0.462 e. The summed E-state index contributed by atoms with van der Waals surface area (Å²) in [5, 5.41) is 0. The minimum atomic E-state index is -0.293. The molecule has 0 saturated heterocycles. The second-order valence-electron chi connectivity index (χ2n) is 5.12. The molecule has 23 heavy (non-hydrogen) atoms. The topological polar surface area (TPSA) is 50.7 Å². The summed E-state index contributed by atoms with van der Waals surface area (Å²) in [4.78, 5) is 17.3. The van der Waals surface area contributed by atoms with E-state index >= 15 is 0 Å². The average Bonchev–Trinajstić information content (AvgIpc) is 2.60. The van der Waals surface area contributed by atoms with Crippen LogP contribution in [0.1, 0.15) is 29.3 Å². The van der Waals surface area contributed by atoms with E-state index < -0.39 is 0 Å². The molecule has 0 bridgehead atoms. The highest BCUT2D eigenvalue weighted by Gasteiger charge is 2.11. The molecule has 0 aromatic heterocycles. The van der Waals surface area contributed by atoms with Crippen LogP contribution in [0, 0.1) is 0 Å². The van der Waals surface area contributed by atoms with Crippen LogP contribution in [0.2, 0.25) is 0 Å². The first kappa shape index (κ1) is 15.6. The summed E-state index contributed by atoms with van der Waals surface area (Å²) in [6.07, 6.45) is 4.02. The van der Waals surface area contributed by atoms with Gasteiger partial charge in [0.05, 0.1) is 22.8 Å². The van der Waals surface area contributed by atoms with Crippen molar-refractivity contribution in [3.8, 4) is 0 Å². The van der Waals surface area contributed by atoms with Crippen molar-refractivity contribution in [2.45, 2.75) is 24.7 Å². The predicted molar refractivity (Wildman–Crippen MR) is 94.8 cm³/mol. The van der Waals surface area contributed by atoms with E-state index in [4.69, 9.17) is 4.74 Å². The maximum Gasteiger partial charge on any atom is 0.338 e. The molecule has 0 saturated carbocycles. The fraction of sp³-hybridized carbons (Fsp3) is 0.222. The fourth-order valence-corrected chi connectivity index (χ4v) is 3.17. The highest BCUT2D eigenvalue weighted by molar-refractivity contribution is 8.00. The highest BCUT2D eigenvalue weighted by Crippen LogP contribution is 2.35. The van der Waals surface area contributed by atoms with Crippen molar-refractivity contribution < 1.29 is 9.53 Å². The predicted octanol–water partition coefficient (Wildman–Crippen LogP) is 4.63. The van der Waals surface area contributed by atoms with Crippen LogP contribution in [0.15, 0.2) is 52.4 Å². The van der Waals surface area contributed by atoms with Gasteiger partial charge >= 0.3 is 5.97 Å². The van der Waals surface area contributed by atoms with Gasteiger partial charge in [0.1, 0.15) is 0 Å². The van der Waals surface area contributed by atoms with Crippen molar-refractivity contribution in [2.75, 3.05) is 11.3 Å². The molecule has 2 aromatic rings. The van der Waals surface area contributed by atoms with E-state index in [1.54, 1.807) is 19.1 Å². The van der Waals surface area contributed by atoms with Crippen molar-refractivity contribution >= 4 is 35.5 Å². The van der Waals surface area contributed by atoms with Crippen LogP contribution in [-0.4, -0.2) is 18.8 Å². The molecule has 118 valence electrons. The van der Waals surface area contributed by atoms with Gasteiger partial charge in [-0.25, -0.2) is 4.79 Å². The molecule has 2 aromatic carbocycles. The Kier molecular flexibility index (Phi) is 4.98. The van der Waals surface area contributed by atoms with Gasteiger partial charge in [-0.1, -0.05) is 12.1 Å². The molecule has 1 N–H and O–H groups in total. The van der Waals surface area contributed by atoms with Crippen molar-refractivity contribution in [1.29, 1.82) is 0 Å². The number of aliphatic imine (C=N–C) groups is 1. The van der Waals surface area contributed by atoms with E-state index in [1.165, 1.54) is 17.5 Å². The van der Waals surface area contributed by atoms with Gasteiger partial charge < -0.3 is 9.46 Å². The zero-order valence-corrected chi connectivity index (χ0v) is 13.7. The van der Waals surface area contributed by atoms with Gasteiger partial charge in [0.2, 0.25) is 0 Å². The van der Waals surface area contributed by atoms with Gasteiger partial charge in [0.15, 0.2) is 0 Å². The van der Waals surface area contributed by atoms with Gasteiger partial charge in [0.25, 0.3) is 0 Å². The Morgan fingerprint density at radius 2 is 2.09 bits per heavy atom. The highest BCUT2D eigenvalue weighted by atomic mass is 32.2. The van der Waals surface area contributed by atoms with Crippen LogP contribution in [0.3, 0.4) is 0 Å². The van der Waals surface area contributed by atoms with E-state index in [0.717, 1.165) is 29.1 Å². The van der Waals surface area contributed by atoms with Crippen LogP contribution < -0.4 is 4.72 Å². The Balaban J connectivity index is 1.67.